The fourth-order valence-corrected chi connectivity index (χ4v) is 4.64. The van der Waals surface area contributed by atoms with E-state index in [4.69, 9.17) is 10.2 Å². The standard InChI is InChI=1S/C22H18O2.2C7H6O2/c23-13-19-12-17-7-3-4-8-20(17)21(14-24)22(19)18-10-9-15-5-1-2-6-16(15)11-18;2*8-7(9)6-4-2-1-3-5-6/h1-12,23-24H,13-14H2;2*1-5H,(H,8,9). The van der Waals surface area contributed by atoms with Crippen molar-refractivity contribution in [3.05, 3.63) is 156 Å². The van der Waals surface area contributed by atoms with Crippen LogP contribution >= 0.6 is 0 Å². The summed E-state index contributed by atoms with van der Waals surface area (Å²) in [6.45, 7) is -0.115. The molecule has 0 aliphatic carbocycles. The molecule has 0 heterocycles. The van der Waals surface area contributed by atoms with Gasteiger partial charge in [-0.2, -0.15) is 0 Å². The van der Waals surface area contributed by atoms with E-state index < -0.39 is 11.9 Å². The summed E-state index contributed by atoms with van der Waals surface area (Å²) in [5, 5.41) is 41.1. The topological polar surface area (TPSA) is 115 Å². The highest BCUT2D eigenvalue weighted by Crippen LogP contribution is 2.35. The van der Waals surface area contributed by atoms with Gasteiger partial charge in [0, 0.05) is 0 Å². The molecule has 6 nitrogen and oxygen atoms in total. The number of carbonyl (C=O) groups is 2. The molecule has 0 spiro atoms. The maximum Gasteiger partial charge on any atom is 0.335 e. The lowest BCUT2D eigenvalue weighted by Gasteiger charge is -2.16. The van der Waals surface area contributed by atoms with E-state index in [9.17, 15) is 19.8 Å². The fraction of sp³-hybridized carbons (Fsp3) is 0.0556. The van der Waals surface area contributed by atoms with Crippen LogP contribution in [0.25, 0.3) is 32.7 Å². The van der Waals surface area contributed by atoms with Gasteiger partial charge in [-0.15, -0.1) is 0 Å². The Morgan fingerprint density at radius 3 is 1.50 bits per heavy atom. The van der Waals surface area contributed by atoms with E-state index in [2.05, 4.69) is 30.3 Å². The van der Waals surface area contributed by atoms with Crippen LogP contribution in [-0.2, 0) is 13.2 Å². The Kier molecular flexibility index (Phi) is 10.2. The Bertz CT molecular complexity index is 1750. The average Bonchev–Trinajstić information content (AvgIpc) is 3.05. The van der Waals surface area contributed by atoms with Crippen molar-refractivity contribution in [2.75, 3.05) is 0 Å². The zero-order valence-corrected chi connectivity index (χ0v) is 22.7. The second-order valence-electron chi connectivity index (χ2n) is 9.33. The summed E-state index contributed by atoms with van der Waals surface area (Å²) in [5.74, 6) is -1.76. The van der Waals surface area contributed by atoms with E-state index in [0.717, 1.165) is 38.4 Å². The molecule has 6 aromatic rings. The van der Waals surface area contributed by atoms with Gasteiger partial charge in [-0.1, -0.05) is 97.1 Å². The van der Waals surface area contributed by atoms with E-state index in [1.54, 1.807) is 60.7 Å². The van der Waals surface area contributed by atoms with Gasteiger partial charge in [-0.05, 0) is 80.2 Å². The summed E-state index contributed by atoms with van der Waals surface area (Å²) >= 11 is 0. The summed E-state index contributed by atoms with van der Waals surface area (Å²) in [6, 6.07) is 41.1. The highest BCUT2D eigenvalue weighted by atomic mass is 16.4. The van der Waals surface area contributed by atoms with Gasteiger partial charge in [0.25, 0.3) is 0 Å². The van der Waals surface area contributed by atoms with E-state index in [0.29, 0.717) is 11.1 Å². The van der Waals surface area contributed by atoms with Gasteiger partial charge >= 0.3 is 11.9 Å². The lowest BCUT2D eigenvalue weighted by atomic mass is 9.89. The number of carboxylic acids is 2. The molecule has 0 amide bonds. The van der Waals surface area contributed by atoms with Crippen molar-refractivity contribution in [3.8, 4) is 11.1 Å². The normalized spacial score (nSPS) is 10.2. The summed E-state index contributed by atoms with van der Waals surface area (Å²) in [6.07, 6.45) is 0. The summed E-state index contributed by atoms with van der Waals surface area (Å²) in [5.41, 5.74) is 4.33. The lowest BCUT2D eigenvalue weighted by molar-refractivity contribution is 0.0686. The number of fused-ring (bicyclic) bond motifs is 2. The summed E-state index contributed by atoms with van der Waals surface area (Å²) < 4.78 is 0. The minimum Gasteiger partial charge on any atom is -0.478 e. The minimum absolute atomic E-state index is 0.0556. The molecule has 0 aliphatic heterocycles. The molecule has 0 aromatic heterocycles. The van der Waals surface area contributed by atoms with Gasteiger partial charge in [-0.3, -0.25) is 0 Å². The molecule has 6 aromatic carbocycles. The van der Waals surface area contributed by atoms with Crippen molar-refractivity contribution in [2.24, 2.45) is 0 Å². The van der Waals surface area contributed by atoms with Gasteiger partial charge in [0.2, 0.25) is 0 Å². The van der Waals surface area contributed by atoms with Crippen LogP contribution in [-0.4, -0.2) is 32.4 Å². The van der Waals surface area contributed by atoms with Crippen molar-refractivity contribution in [1.29, 1.82) is 0 Å². The molecule has 0 fully saturated rings. The quantitative estimate of drug-likeness (QED) is 0.175. The molecule has 0 saturated carbocycles. The first-order valence-electron chi connectivity index (χ1n) is 13.2. The van der Waals surface area contributed by atoms with Crippen LogP contribution in [0.4, 0.5) is 0 Å². The summed E-state index contributed by atoms with van der Waals surface area (Å²) in [7, 11) is 0. The van der Waals surface area contributed by atoms with Crippen LogP contribution < -0.4 is 0 Å². The third-order valence-corrected chi connectivity index (χ3v) is 6.65. The first-order valence-corrected chi connectivity index (χ1v) is 13.2. The molecule has 0 bridgehead atoms. The van der Waals surface area contributed by atoms with Crippen molar-refractivity contribution in [1.82, 2.24) is 0 Å². The van der Waals surface area contributed by atoms with Crippen molar-refractivity contribution < 1.29 is 30.0 Å². The van der Waals surface area contributed by atoms with Crippen LogP contribution in [0, 0.1) is 0 Å². The van der Waals surface area contributed by atoms with Gasteiger partial charge in [0.1, 0.15) is 0 Å². The first kappa shape index (κ1) is 29.7. The monoisotopic (exact) mass is 558 g/mol. The van der Waals surface area contributed by atoms with Gasteiger partial charge < -0.3 is 20.4 Å². The number of hydrogen-bond donors (Lipinski definition) is 4. The molecule has 4 N–H and O–H groups in total. The maximum absolute atomic E-state index is 10.2. The molecule has 0 atom stereocenters. The Balaban J connectivity index is 0.000000184. The molecule has 42 heavy (non-hydrogen) atoms. The molecule has 0 unspecified atom stereocenters. The van der Waals surface area contributed by atoms with Crippen molar-refractivity contribution in [2.45, 2.75) is 13.2 Å². The van der Waals surface area contributed by atoms with Gasteiger partial charge in [0.05, 0.1) is 24.3 Å². The number of aromatic carboxylic acids is 2. The zero-order valence-electron chi connectivity index (χ0n) is 22.7. The zero-order chi connectivity index (χ0) is 29.9. The molecule has 6 rings (SSSR count). The molecule has 210 valence electrons. The van der Waals surface area contributed by atoms with Crippen molar-refractivity contribution >= 4 is 33.5 Å². The third kappa shape index (κ3) is 7.26. The molecule has 0 radical (unpaired) electrons. The number of carboxylic acid groups (broad SMARTS) is 2. The number of rotatable bonds is 5. The first-order chi connectivity index (χ1) is 20.4. The van der Waals surface area contributed by atoms with Gasteiger partial charge in [-0.25, -0.2) is 9.59 Å². The second-order valence-corrected chi connectivity index (χ2v) is 9.33. The van der Waals surface area contributed by atoms with Crippen LogP contribution in [0.15, 0.2) is 133 Å². The predicted molar refractivity (Wildman–Crippen MR) is 166 cm³/mol. The molecular formula is C36H30O6. The van der Waals surface area contributed by atoms with Crippen LogP contribution in [0.3, 0.4) is 0 Å². The van der Waals surface area contributed by atoms with Crippen LogP contribution in [0.5, 0.6) is 0 Å². The van der Waals surface area contributed by atoms with Crippen LogP contribution in [0.1, 0.15) is 31.8 Å². The Morgan fingerprint density at radius 2 is 1.00 bits per heavy atom. The predicted octanol–water partition coefficient (Wildman–Crippen LogP) is 7.41. The number of aliphatic hydroxyl groups is 2. The smallest absolute Gasteiger partial charge is 0.335 e. The number of aliphatic hydroxyl groups excluding tert-OH is 2. The summed E-state index contributed by atoms with van der Waals surface area (Å²) in [4.78, 5) is 20.4. The number of benzene rings is 6. The van der Waals surface area contributed by atoms with Crippen molar-refractivity contribution in [3.63, 3.8) is 0 Å². The van der Waals surface area contributed by atoms with E-state index in [1.807, 2.05) is 42.5 Å². The molecule has 6 heteroatoms. The minimum atomic E-state index is -0.879. The molecule has 0 aliphatic rings. The lowest BCUT2D eigenvalue weighted by Crippen LogP contribution is -1.98. The number of hydrogen-bond acceptors (Lipinski definition) is 4. The van der Waals surface area contributed by atoms with Gasteiger partial charge in [0.15, 0.2) is 0 Å². The fourth-order valence-electron chi connectivity index (χ4n) is 4.64. The highest BCUT2D eigenvalue weighted by Gasteiger charge is 2.14. The van der Waals surface area contributed by atoms with E-state index in [1.165, 1.54) is 5.39 Å². The molecule has 0 saturated heterocycles. The maximum atomic E-state index is 10.2. The highest BCUT2D eigenvalue weighted by molar-refractivity contribution is 5.96. The van der Waals surface area contributed by atoms with Crippen LogP contribution in [0.2, 0.25) is 0 Å². The largest absolute Gasteiger partial charge is 0.478 e. The average molecular weight is 559 g/mol. The Labute approximate surface area is 243 Å². The van der Waals surface area contributed by atoms with E-state index in [-0.39, 0.29) is 13.2 Å². The Morgan fingerprint density at radius 1 is 0.500 bits per heavy atom. The second kappa shape index (κ2) is 14.4. The Hall–Kier alpha value is -5.30. The SMILES string of the molecule is O=C(O)c1ccccc1.O=C(O)c1ccccc1.OCc1cc2ccccc2c(CO)c1-c1ccc2ccccc2c1. The third-order valence-electron chi connectivity index (χ3n) is 6.65. The molecular weight excluding hydrogens is 528 g/mol. The van der Waals surface area contributed by atoms with E-state index >= 15 is 0 Å².